The summed E-state index contributed by atoms with van der Waals surface area (Å²) in [5.41, 5.74) is 0. The SMILES string of the molecule is C.CC1C=NN(C=O)C1. The summed E-state index contributed by atoms with van der Waals surface area (Å²) in [5, 5.41) is 5.17. The van der Waals surface area contributed by atoms with Gasteiger partial charge in [0.1, 0.15) is 0 Å². The summed E-state index contributed by atoms with van der Waals surface area (Å²) < 4.78 is 0. The van der Waals surface area contributed by atoms with Gasteiger partial charge in [0, 0.05) is 12.1 Å². The highest BCUT2D eigenvalue weighted by atomic mass is 16.1. The van der Waals surface area contributed by atoms with Gasteiger partial charge in [0.2, 0.25) is 6.41 Å². The Morgan fingerprint density at radius 2 is 2.56 bits per heavy atom. The quantitative estimate of drug-likeness (QED) is 0.479. The van der Waals surface area contributed by atoms with Gasteiger partial charge in [0.15, 0.2) is 0 Å². The number of nitrogens with zero attached hydrogens (tertiary/aromatic N) is 2. The third kappa shape index (κ3) is 1.83. The van der Waals surface area contributed by atoms with Crippen LogP contribution < -0.4 is 0 Å². The molecule has 0 aliphatic carbocycles. The fourth-order valence-corrected chi connectivity index (χ4v) is 0.659. The van der Waals surface area contributed by atoms with Crippen LogP contribution in [0.25, 0.3) is 0 Å². The molecular formula is C6H12N2O. The summed E-state index contributed by atoms with van der Waals surface area (Å²) in [5.74, 6) is 0.431. The standard InChI is InChI=1S/C5H8N2O.CH4/c1-5-2-6-7(3-5)4-8;/h2,4-5H,3H2,1H3;1H4. The van der Waals surface area contributed by atoms with Crippen molar-refractivity contribution in [1.82, 2.24) is 5.01 Å². The van der Waals surface area contributed by atoms with Crippen molar-refractivity contribution < 1.29 is 4.79 Å². The third-order valence-electron chi connectivity index (χ3n) is 1.07. The van der Waals surface area contributed by atoms with E-state index in [4.69, 9.17) is 0 Å². The lowest BCUT2D eigenvalue weighted by molar-refractivity contribution is -0.117. The van der Waals surface area contributed by atoms with Crippen LogP contribution in [0.1, 0.15) is 14.4 Å². The van der Waals surface area contributed by atoms with E-state index >= 15 is 0 Å². The Bertz CT molecular complexity index is 122. The van der Waals surface area contributed by atoms with E-state index in [1.54, 1.807) is 6.21 Å². The van der Waals surface area contributed by atoms with Crippen LogP contribution in [0.2, 0.25) is 0 Å². The molecule has 0 N–H and O–H groups in total. The number of amides is 1. The molecule has 0 aromatic carbocycles. The summed E-state index contributed by atoms with van der Waals surface area (Å²) in [6.07, 6.45) is 2.51. The molecule has 3 nitrogen and oxygen atoms in total. The van der Waals surface area contributed by atoms with Crippen molar-refractivity contribution in [3.05, 3.63) is 0 Å². The number of hydrazone groups is 1. The molecule has 52 valence electrons. The molecule has 1 aliphatic rings. The maximum absolute atomic E-state index is 9.96. The molecule has 0 saturated carbocycles. The minimum absolute atomic E-state index is 0. The maximum atomic E-state index is 9.96. The molecule has 1 atom stereocenters. The first-order valence-electron chi connectivity index (χ1n) is 2.59. The van der Waals surface area contributed by atoms with Gasteiger partial charge >= 0.3 is 0 Å². The van der Waals surface area contributed by atoms with Crippen LogP contribution in [0.15, 0.2) is 5.10 Å². The summed E-state index contributed by atoms with van der Waals surface area (Å²) in [4.78, 5) is 9.96. The van der Waals surface area contributed by atoms with Gasteiger partial charge in [-0.05, 0) is 0 Å². The molecule has 1 amide bonds. The van der Waals surface area contributed by atoms with Crippen LogP contribution >= 0.6 is 0 Å². The molecular weight excluding hydrogens is 116 g/mol. The monoisotopic (exact) mass is 128 g/mol. The normalized spacial score (nSPS) is 23.7. The van der Waals surface area contributed by atoms with E-state index in [0.29, 0.717) is 5.92 Å². The number of hydrogen-bond acceptors (Lipinski definition) is 2. The molecule has 9 heavy (non-hydrogen) atoms. The van der Waals surface area contributed by atoms with Crippen molar-refractivity contribution in [1.29, 1.82) is 0 Å². The summed E-state index contributed by atoms with van der Waals surface area (Å²) >= 11 is 0. The van der Waals surface area contributed by atoms with E-state index in [-0.39, 0.29) is 7.43 Å². The molecule has 0 aromatic rings. The van der Waals surface area contributed by atoms with E-state index < -0.39 is 0 Å². The molecule has 1 rings (SSSR count). The molecule has 3 heteroatoms. The van der Waals surface area contributed by atoms with Gasteiger partial charge in [0.25, 0.3) is 0 Å². The van der Waals surface area contributed by atoms with Crippen LogP contribution in [0, 0.1) is 5.92 Å². The first-order chi connectivity index (χ1) is 3.83. The molecule has 1 unspecified atom stereocenters. The van der Waals surface area contributed by atoms with Gasteiger partial charge in [0.05, 0.1) is 6.54 Å². The van der Waals surface area contributed by atoms with Crippen LogP contribution in [0.5, 0.6) is 0 Å². The molecule has 0 saturated heterocycles. The largest absolute Gasteiger partial charge is 0.277 e. The van der Waals surface area contributed by atoms with Crippen molar-refractivity contribution in [3.63, 3.8) is 0 Å². The maximum Gasteiger partial charge on any atom is 0.229 e. The molecule has 0 bridgehead atoms. The average Bonchev–Trinajstić information content (AvgIpc) is 2.14. The number of carbonyl (C=O) groups is 1. The Balaban J connectivity index is 0.000000640. The van der Waals surface area contributed by atoms with Gasteiger partial charge in [-0.15, -0.1) is 0 Å². The van der Waals surface area contributed by atoms with Crippen molar-refractivity contribution in [2.24, 2.45) is 11.0 Å². The zero-order chi connectivity index (χ0) is 5.98. The third-order valence-corrected chi connectivity index (χ3v) is 1.07. The van der Waals surface area contributed by atoms with Gasteiger partial charge in [-0.1, -0.05) is 14.4 Å². The second-order valence-electron chi connectivity index (χ2n) is 1.97. The first kappa shape index (κ1) is 8.14. The Kier molecular flexibility index (Phi) is 2.91. The predicted molar refractivity (Wildman–Crippen MR) is 37.2 cm³/mol. The molecule has 0 aromatic heterocycles. The Morgan fingerprint density at radius 1 is 1.89 bits per heavy atom. The van der Waals surface area contributed by atoms with E-state index in [0.717, 1.165) is 13.0 Å². The lowest BCUT2D eigenvalue weighted by atomic mass is 10.2. The van der Waals surface area contributed by atoms with E-state index in [1.807, 2.05) is 6.92 Å². The summed E-state index contributed by atoms with van der Waals surface area (Å²) in [7, 11) is 0. The van der Waals surface area contributed by atoms with Gasteiger partial charge < -0.3 is 0 Å². The van der Waals surface area contributed by atoms with Crippen LogP contribution in [0.3, 0.4) is 0 Å². The Morgan fingerprint density at radius 3 is 2.78 bits per heavy atom. The fraction of sp³-hybridized carbons (Fsp3) is 0.667. The second-order valence-corrected chi connectivity index (χ2v) is 1.97. The molecule has 1 heterocycles. The fourth-order valence-electron chi connectivity index (χ4n) is 0.659. The van der Waals surface area contributed by atoms with E-state index in [1.165, 1.54) is 5.01 Å². The lowest BCUT2D eigenvalue weighted by Gasteiger charge is -2.01. The summed E-state index contributed by atoms with van der Waals surface area (Å²) in [6, 6.07) is 0. The number of rotatable bonds is 1. The van der Waals surface area contributed by atoms with Gasteiger partial charge in [-0.3, -0.25) is 4.79 Å². The van der Waals surface area contributed by atoms with E-state index in [9.17, 15) is 4.79 Å². The lowest BCUT2D eigenvalue weighted by Crippen LogP contribution is -2.14. The van der Waals surface area contributed by atoms with Crippen molar-refractivity contribution >= 4 is 12.6 Å². The zero-order valence-electron chi connectivity index (χ0n) is 4.74. The highest BCUT2D eigenvalue weighted by Crippen LogP contribution is 2.02. The predicted octanol–water partition coefficient (Wildman–Crippen LogP) is 0.716. The zero-order valence-corrected chi connectivity index (χ0v) is 4.74. The van der Waals surface area contributed by atoms with Gasteiger partial charge in [-0.25, -0.2) is 5.01 Å². The van der Waals surface area contributed by atoms with E-state index in [2.05, 4.69) is 5.10 Å². The number of carbonyl (C=O) groups excluding carboxylic acids is 1. The number of hydrogen-bond donors (Lipinski definition) is 0. The van der Waals surface area contributed by atoms with Crippen LogP contribution in [0.4, 0.5) is 0 Å². The smallest absolute Gasteiger partial charge is 0.229 e. The highest BCUT2D eigenvalue weighted by Gasteiger charge is 2.10. The molecule has 1 aliphatic heterocycles. The summed E-state index contributed by atoms with van der Waals surface area (Å²) in [6.45, 7) is 2.76. The van der Waals surface area contributed by atoms with Gasteiger partial charge in [-0.2, -0.15) is 5.10 Å². The molecule has 0 radical (unpaired) electrons. The van der Waals surface area contributed by atoms with Crippen molar-refractivity contribution in [3.8, 4) is 0 Å². The topological polar surface area (TPSA) is 32.7 Å². The highest BCUT2D eigenvalue weighted by molar-refractivity contribution is 5.65. The average molecular weight is 128 g/mol. The second kappa shape index (κ2) is 3.22. The van der Waals surface area contributed by atoms with Crippen molar-refractivity contribution in [2.75, 3.05) is 6.54 Å². The minimum Gasteiger partial charge on any atom is -0.277 e. The molecule has 0 spiro atoms. The minimum atomic E-state index is 0. The van der Waals surface area contributed by atoms with Crippen molar-refractivity contribution in [2.45, 2.75) is 14.4 Å². The molecule has 0 fully saturated rings. The Hall–Kier alpha value is -0.860. The Labute approximate surface area is 55.4 Å². The van der Waals surface area contributed by atoms with Crippen LogP contribution in [-0.4, -0.2) is 24.2 Å². The first-order valence-corrected chi connectivity index (χ1v) is 2.59. The van der Waals surface area contributed by atoms with Crippen LogP contribution in [-0.2, 0) is 4.79 Å².